The van der Waals surface area contributed by atoms with Crippen molar-refractivity contribution in [3.05, 3.63) is 36.5 Å². The van der Waals surface area contributed by atoms with Gasteiger partial charge in [-0.15, -0.1) is 0 Å². The molecule has 0 aromatic heterocycles. The summed E-state index contributed by atoms with van der Waals surface area (Å²) in [6.45, 7) is 4.91. The average molecular weight is 1060 g/mol. The first kappa shape index (κ1) is 72.5. The summed E-state index contributed by atoms with van der Waals surface area (Å²) in [6, 6.07) is 0. The minimum Gasteiger partial charge on any atom is -0.477 e. The van der Waals surface area contributed by atoms with Crippen LogP contribution in [0.15, 0.2) is 36.5 Å². The Balaban J connectivity index is 4.15. The average Bonchev–Trinajstić information content (AvgIpc) is 3.38. The molecular formula is C66H124NO8+. The summed E-state index contributed by atoms with van der Waals surface area (Å²) in [7, 11) is 5.98. The van der Waals surface area contributed by atoms with E-state index in [9.17, 15) is 19.5 Å². The van der Waals surface area contributed by atoms with E-state index in [2.05, 4.69) is 50.3 Å². The number of carboxylic acids is 1. The van der Waals surface area contributed by atoms with E-state index < -0.39 is 24.3 Å². The molecule has 75 heavy (non-hydrogen) atoms. The maximum Gasteiger partial charge on any atom is 0.361 e. The molecule has 0 bridgehead atoms. The fraction of sp³-hybridized carbons (Fsp3) is 0.864. The van der Waals surface area contributed by atoms with E-state index in [1.807, 2.05) is 21.1 Å². The van der Waals surface area contributed by atoms with Crippen LogP contribution in [0.2, 0.25) is 0 Å². The topological polar surface area (TPSA) is 108 Å². The lowest BCUT2D eigenvalue weighted by atomic mass is 10.0. The molecule has 0 saturated heterocycles. The van der Waals surface area contributed by atoms with Gasteiger partial charge in [-0.05, 0) is 70.6 Å². The largest absolute Gasteiger partial charge is 0.477 e. The van der Waals surface area contributed by atoms with Gasteiger partial charge in [0, 0.05) is 12.8 Å². The highest BCUT2D eigenvalue weighted by atomic mass is 16.7. The number of quaternary nitrogens is 1. The van der Waals surface area contributed by atoms with Crippen LogP contribution in [-0.4, -0.2) is 87.4 Å². The lowest BCUT2D eigenvalue weighted by molar-refractivity contribution is -0.870. The Labute approximate surface area is 464 Å². The van der Waals surface area contributed by atoms with Crippen molar-refractivity contribution in [3.63, 3.8) is 0 Å². The van der Waals surface area contributed by atoms with Crippen LogP contribution in [0.5, 0.6) is 0 Å². The molecule has 0 aromatic rings. The molecule has 1 N–H and O–H groups in total. The molecule has 0 saturated carbocycles. The summed E-state index contributed by atoms with van der Waals surface area (Å²) in [5, 5.41) is 9.72. The number of ether oxygens (including phenoxy) is 4. The van der Waals surface area contributed by atoms with E-state index in [0.717, 1.165) is 44.9 Å². The highest BCUT2D eigenvalue weighted by molar-refractivity contribution is 5.71. The number of carbonyl (C=O) groups excluding carboxylic acids is 2. The molecule has 0 radical (unpaired) electrons. The Bertz CT molecular complexity index is 1320. The normalized spacial score (nSPS) is 12.9. The molecule has 440 valence electrons. The van der Waals surface area contributed by atoms with E-state index in [1.54, 1.807) is 0 Å². The van der Waals surface area contributed by atoms with Crippen molar-refractivity contribution in [1.82, 2.24) is 0 Å². The number of unbranched alkanes of at least 4 members (excludes halogenated alkanes) is 39. The molecule has 0 aromatic carbocycles. The smallest absolute Gasteiger partial charge is 0.361 e. The maximum atomic E-state index is 12.9. The Morgan fingerprint density at radius 3 is 1.07 bits per heavy atom. The van der Waals surface area contributed by atoms with Gasteiger partial charge in [0.25, 0.3) is 6.29 Å². The zero-order valence-electron chi connectivity index (χ0n) is 50.2. The Kier molecular flexibility index (Phi) is 55.8. The highest BCUT2D eigenvalue weighted by Gasteiger charge is 2.25. The molecule has 0 fully saturated rings. The van der Waals surface area contributed by atoms with Crippen LogP contribution in [0.3, 0.4) is 0 Å². The van der Waals surface area contributed by atoms with Gasteiger partial charge in [0.05, 0.1) is 34.4 Å². The summed E-state index contributed by atoms with van der Waals surface area (Å²) in [5.41, 5.74) is 0. The van der Waals surface area contributed by atoms with E-state index in [1.165, 1.54) is 238 Å². The molecule has 0 spiro atoms. The van der Waals surface area contributed by atoms with Crippen LogP contribution >= 0.6 is 0 Å². The van der Waals surface area contributed by atoms with Crippen LogP contribution in [-0.2, 0) is 33.3 Å². The number of rotatable bonds is 60. The van der Waals surface area contributed by atoms with Crippen LogP contribution in [0.1, 0.15) is 309 Å². The van der Waals surface area contributed by atoms with Gasteiger partial charge in [0.1, 0.15) is 13.2 Å². The van der Waals surface area contributed by atoms with E-state index in [-0.39, 0.29) is 32.2 Å². The molecule has 9 nitrogen and oxygen atoms in total. The second kappa shape index (κ2) is 57.7. The number of hydrogen-bond acceptors (Lipinski definition) is 7. The van der Waals surface area contributed by atoms with Crippen molar-refractivity contribution < 1.29 is 42.9 Å². The van der Waals surface area contributed by atoms with Gasteiger partial charge in [-0.25, -0.2) is 4.79 Å². The molecule has 0 heterocycles. The van der Waals surface area contributed by atoms with Crippen LogP contribution < -0.4 is 0 Å². The number of esters is 2. The first-order valence-electron chi connectivity index (χ1n) is 32.2. The first-order valence-corrected chi connectivity index (χ1v) is 32.2. The number of aliphatic carboxylic acids is 1. The van der Waals surface area contributed by atoms with E-state index in [0.29, 0.717) is 17.4 Å². The fourth-order valence-electron chi connectivity index (χ4n) is 9.39. The molecule has 2 atom stereocenters. The number of likely N-dealkylation sites (N-methyl/N-ethyl adjacent to an activating group) is 1. The first-order chi connectivity index (χ1) is 36.6. The van der Waals surface area contributed by atoms with Gasteiger partial charge in [-0.2, -0.15) is 0 Å². The molecule has 0 rings (SSSR count). The van der Waals surface area contributed by atoms with E-state index >= 15 is 0 Å². The van der Waals surface area contributed by atoms with Crippen molar-refractivity contribution in [2.75, 3.05) is 47.5 Å². The van der Waals surface area contributed by atoms with Crippen molar-refractivity contribution in [2.24, 2.45) is 0 Å². The predicted octanol–water partition coefficient (Wildman–Crippen LogP) is 19.2. The zero-order chi connectivity index (χ0) is 54.8. The van der Waals surface area contributed by atoms with Crippen molar-refractivity contribution in [2.45, 2.75) is 322 Å². The monoisotopic (exact) mass is 1060 g/mol. The quantitative estimate of drug-likeness (QED) is 0.0211. The highest BCUT2D eigenvalue weighted by Crippen LogP contribution is 2.17. The van der Waals surface area contributed by atoms with Crippen molar-refractivity contribution >= 4 is 17.9 Å². The lowest BCUT2D eigenvalue weighted by Crippen LogP contribution is -2.40. The lowest BCUT2D eigenvalue weighted by Gasteiger charge is -2.25. The van der Waals surface area contributed by atoms with Crippen LogP contribution in [0, 0.1) is 0 Å². The Hall–Kier alpha value is -2.49. The third-order valence-electron chi connectivity index (χ3n) is 14.4. The second-order valence-corrected chi connectivity index (χ2v) is 23.1. The van der Waals surface area contributed by atoms with Gasteiger partial charge in [0.2, 0.25) is 0 Å². The second-order valence-electron chi connectivity index (χ2n) is 23.1. The summed E-state index contributed by atoms with van der Waals surface area (Å²) in [4.78, 5) is 37.5. The molecule has 2 unspecified atom stereocenters. The molecule has 9 heteroatoms. The van der Waals surface area contributed by atoms with Crippen LogP contribution in [0.25, 0.3) is 0 Å². The number of nitrogens with zero attached hydrogens (tertiary/aromatic N) is 1. The fourth-order valence-corrected chi connectivity index (χ4v) is 9.39. The standard InChI is InChI=1S/C66H123NO8/c1-6-8-10-12-14-16-18-20-22-24-26-28-30-31-32-33-35-36-38-40-42-44-46-48-50-52-54-56-63(68)73-60-62(61-74-66(65(70)71)72-59-58-67(3,4)5)75-64(69)57-55-53-51-49-47-45-43-41-39-37-34-29-27-25-23-21-19-17-15-13-11-9-7-2/h19,21,24-27,62,66H,6-18,20,22-23,28-61H2,1-5H3/p+1/b21-19-,26-24-,27-25-. The minimum absolute atomic E-state index is 0.179. The number of carboxylic acid groups (broad SMARTS) is 1. The zero-order valence-corrected chi connectivity index (χ0v) is 50.2. The van der Waals surface area contributed by atoms with Gasteiger partial charge >= 0.3 is 17.9 Å². The van der Waals surface area contributed by atoms with Gasteiger partial charge in [0.15, 0.2) is 6.10 Å². The number of carbonyl (C=O) groups is 3. The maximum absolute atomic E-state index is 12.9. The van der Waals surface area contributed by atoms with E-state index in [4.69, 9.17) is 18.9 Å². The van der Waals surface area contributed by atoms with Crippen molar-refractivity contribution in [1.29, 1.82) is 0 Å². The number of hydrogen-bond donors (Lipinski definition) is 1. The predicted molar refractivity (Wildman–Crippen MR) is 318 cm³/mol. The summed E-state index contributed by atoms with van der Waals surface area (Å²) in [5.74, 6) is -1.99. The number of allylic oxidation sites excluding steroid dienone is 6. The Morgan fingerprint density at radius 2 is 0.720 bits per heavy atom. The molecule has 0 aliphatic heterocycles. The summed E-state index contributed by atoms with van der Waals surface area (Å²) < 4.78 is 23.0. The third kappa shape index (κ3) is 59.0. The molecule has 0 aliphatic carbocycles. The molecule has 0 aliphatic rings. The Morgan fingerprint density at radius 1 is 0.400 bits per heavy atom. The molecular weight excluding hydrogens is 935 g/mol. The SMILES string of the molecule is CCCCCCC/C=C\C/C=C\CCCCCCCCCCCCCC(=O)OC(COC(=O)CCCCCCCCCCCCCCCCC/C=C\CCCCCCCCCC)COC(OCC[N+](C)(C)C)C(=O)O. The molecule has 0 amide bonds. The minimum atomic E-state index is -1.51. The summed E-state index contributed by atoms with van der Waals surface area (Å²) >= 11 is 0. The van der Waals surface area contributed by atoms with Gasteiger partial charge in [-0.1, -0.05) is 262 Å². The summed E-state index contributed by atoms with van der Waals surface area (Å²) in [6.07, 6.45) is 68.1. The third-order valence-corrected chi connectivity index (χ3v) is 14.4. The van der Waals surface area contributed by atoms with Crippen LogP contribution in [0.4, 0.5) is 0 Å². The van der Waals surface area contributed by atoms with Crippen molar-refractivity contribution in [3.8, 4) is 0 Å². The van der Waals surface area contributed by atoms with Gasteiger partial charge in [-0.3, -0.25) is 9.59 Å². The van der Waals surface area contributed by atoms with Gasteiger partial charge < -0.3 is 28.5 Å².